The molecule has 3 aromatic rings. The Labute approximate surface area is 232 Å². The van der Waals surface area contributed by atoms with Crippen LogP contribution in [0.4, 0.5) is 5.69 Å². The Morgan fingerprint density at radius 3 is 2.29 bits per heavy atom. The van der Waals surface area contributed by atoms with Crippen molar-refractivity contribution in [2.75, 3.05) is 19.0 Å². The number of hydrogen-bond acceptors (Lipinski definition) is 6. The van der Waals surface area contributed by atoms with E-state index in [4.69, 9.17) is 17.0 Å². The molecule has 8 heteroatoms. The number of rotatable bonds is 10. The zero-order chi connectivity index (χ0) is 26.9. The highest BCUT2D eigenvalue weighted by molar-refractivity contribution is 8.26. The molecule has 2 amide bonds. The SMILES string of the molecule is COC(=O)c1ccc(/C=C2\SC(=S)N(CCCCCC(=O)Nc3ccc(-c4ccccc4)cc3)C2=O)cc1. The highest BCUT2D eigenvalue weighted by atomic mass is 32.2. The number of carbonyl (C=O) groups excluding carboxylic acids is 3. The third kappa shape index (κ3) is 7.18. The normalized spacial score (nSPS) is 14.1. The molecule has 38 heavy (non-hydrogen) atoms. The Bertz CT molecular complexity index is 1340. The average molecular weight is 545 g/mol. The van der Waals surface area contributed by atoms with Crippen molar-refractivity contribution in [3.8, 4) is 11.1 Å². The van der Waals surface area contributed by atoms with Gasteiger partial charge in [-0.1, -0.05) is 85.0 Å². The summed E-state index contributed by atoms with van der Waals surface area (Å²) in [4.78, 5) is 38.9. The number of anilines is 1. The average Bonchev–Trinajstić information content (AvgIpc) is 3.21. The van der Waals surface area contributed by atoms with Crippen LogP contribution in [0.3, 0.4) is 0 Å². The van der Waals surface area contributed by atoms with Crippen LogP contribution in [-0.4, -0.2) is 40.7 Å². The van der Waals surface area contributed by atoms with E-state index in [9.17, 15) is 14.4 Å². The Balaban J connectivity index is 1.19. The lowest BCUT2D eigenvalue weighted by Gasteiger charge is -2.14. The number of hydrogen-bond donors (Lipinski definition) is 1. The highest BCUT2D eigenvalue weighted by Crippen LogP contribution is 2.33. The summed E-state index contributed by atoms with van der Waals surface area (Å²) in [5, 5.41) is 2.95. The van der Waals surface area contributed by atoms with Gasteiger partial charge in [0.25, 0.3) is 5.91 Å². The van der Waals surface area contributed by atoms with Crippen LogP contribution < -0.4 is 5.32 Å². The van der Waals surface area contributed by atoms with E-state index < -0.39 is 5.97 Å². The van der Waals surface area contributed by atoms with Gasteiger partial charge in [0.1, 0.15) is 4.32 Å². The van der Waals surface area contributed by atoms with E-state index in [0.717, 1.165) is 41.6 Å². The Morgan fingerprint density at radius 1 is 0.921 bits per heavy atom. The van der Waals surface area contributed by atoms with Gasteiger partial charge in [-0.15, -0.1) is 0 Å². The molecule has 6 nitrogen and oxygen atoms in total. The summed E-state index contributed by atoms with van der Waals surface area (Å²) in [7, 11) is 1.34. The summed E-state index contributed by atoms with van der Waals surface area (Å²) in [5.41, 5.74) is 4.27. The summed E-state index contributed by atoms with van der Waals surface area (Å²) >= 11 is 6.69. The van der Waals surface area contributed by atoms with E-state index in [1.54, 1.807) is 35.2 Å². The third-order valence-electron chi connectivity index (χ3n) is 6.06. The van der Waals surface area contributed by atoms with Crippen molar-refractivity contribution in [3.05, 3.63) is 94.9 Å². The molecule has 4 rings (SSSR count). The molecule has 1 aliphatic heterocycles. The van der Waals surface area contributed by atoms with Gasteiger partial charge in [0.15, 0.2) is 0 Å². The van der Waals surface area contributed by atoms with Gasteiger partial charge >= 0.3 is 5.97 Å². The third-order valence-corrected chi connectivity index (χ3v) is 7.44. The van der Waals surface area contributed by atoms with E-state index in [1.807, 2.05) is 42.5 Å². The number of methoxy groups -OCH3 is 1. The molecule has 1 fully saturated rings. The Hall–Kier alpha value is -3.75. The molecular formula is C30H28N2O4S2. The Kier molecular flexibility index (Phi) is 9.46. The number of thioether (sulfide) groups is 1. The van der Waals surface area contributed by atoms with Crippen molar-refractivity contribution < 1.29 is 19.1 Å². The van der Waals surface area contributed by atoms with Gasteiger partial charge in [0.2, 0.25) is 5.91 Å². The number of thiocarbonyl (C=S) groups is 1. The fourth-order valence-corrected chi connectivity index (χ4v) is 5.32. The zero-order valence-electron chi connectivity index (χ0n) is 21.0. The fourth-order valence-electron chi connectivity index (χ4n) is 4.01. The van der Waals surface area contributed by atoms with E-state index in [2.05, 4.69) is 17.4 Å². The largest absolute Gasteiger partial charge is 0.465 e. The van der Waals surface area contributed by atoms with Gasteiger partial charge in [0.05, 0.1) is 17.6 Å². The maximum absolute atomic E-state index is 12.8. The van der Waals surface area contributed by atoms with Gasteiger partial charge in [0, 0.05) is 18.7 Å². The van der Waals surface area contributed by atoms with E-state index in [1.165, 1.54) is 18.9 Å². The Morgan fingerprint density at radius 2 is 1.61 bits per heavy atom. The number of amides is 2. The first-order chi connectivity index (χ1) is 18.4. The lowest BCUT2D eigenvalue weighted by atomic mass is 10.1. The van der Waals surface area contributed by atoms with Crippen LogP contribution >= 0.6 is 24.0 Å². The van der Waals surface area contributed by atoms with Crippen LogP contribution in [0.5, 0.6) is 0 Å². The molecule has 1 N–H and O–H groups in total. The molecule has 0 radical (unpaired) electrons. The fraction of sp³-hybridized carbons (Fsp3) is 0.200. The quantitative estimate of drug-likeness (QED) is 0.135. The second-order valence-electron chi connectivity index (χ2n) is 8.75. The number of nitrogens with one attached hydrogen (secondary N) is 1. The maximum Gasteiger partial charge on any atom is 0.337 e. The second kappa shape index (κ2) is 13.2. The summed E-state index contributed by atoms with van der Waals surface area (Å²) < 4.78 is 5.24. The van der Waals surface area contributed by atoms with Gasteiger partial charge < -0.3 is 10.1 Å². The molecule has 3 aromatic carbocycles. The van der Waals surface area contributed by atoms with Gasteiger partial charge in [-0.2, -0.15) is 0 Å². The summed E-state index contributed by atoms with van der Waals surface area (Å²) in [6.07, 6.45) is 4.49. The van der Waals surface area contributed by atoms with E-state index in [0.29, 0.717) is 27.8 Å². The maximum atomic E-state index is 12.8. The molecule has 0 atom stereocenters. The van der Waals surface area contributed by atoms with E-state index >= 15 is 0 Å². The molecule has 0 spiro atoms. The standard InChI is InChI=1S/C30H28N2O4S2/c1-36-29(35)24-13-11-21(12-14-24)20-26-28(34)32(30(37)38-26)19-7-3-6-10-27(33)31-25-17-15-23(16-18-25)22-8-4-2-5-9-22/h2,4-5,8-9,11-18,20H,3,6-7,10,19H2,1H3,(H,31,33)/b26-20-. The van der Waals surface area contributed by atoms with Crippen LogP contribution in [0, 0.1) is 0 Å². The number of nitrogens with zero attached hydrogens (tertiary/aromatic N) is 1. The minimum atomic E-state index is -0.405. The van der Waals surface area contributed by atoms with Crippen molar-refractivity contribution in [2.45, 2.75) is 25.7 Å². The van der Waals surface area contributed by atoms with Crippen LogP contribution in [0.2, 0.25) is 0 Å². The molecule has 0 unspecified atom stereocenters. The van der Waals surface area contributed by atoms with Crippen LogP contribution in [0.15, 0.2) is 83.8 Å². The van der Waals surface area contributed by atoms with Crippen LogP contribution in [0.1, 0.15) is 41.6 Å². The lowest BCUT2D eigenvalue weighted by Crippen LogP contribution is -2.29. The number of carbonyl (C=O) groups is 3. The predicted molar refractivity (Wildman–Crippen MR) is 157 cm³/mol. The first-order valence-corrected chi connectivity index (χ1v) is 13.6. The number of esters is 1. The van der Waals surface area contributed by atoms with Crippen molar-refractivity contribution in [3.63, 3.8) is 0 Å². The lowest BCUT2D eigenvalue weighted by molar-refractivity contribution is -0.122. The predicted octanol–water partition coefficient (Wildman–Crippen LogP) is 6.54. The molecule has 1 heterocycles. The van der Waals surface area contributed by atoms with E-state index in [-0.39, 0.29) is 11.8 Å². The van der Waals surface area contributed by atoms with Gasteiger partial charge in [-0.05, 0) is 59.9 Å². The van der Waals surface area contributed by atoms with Crippen LogP contribution in [-0.2, 0) is 14.3 Å². The van der Waals surface area contributed by atoms with Gasteiger partial charge in [-0.3, -0.25) is 14.5 Å². The van der Waals surface area contributed by atoms with Crippen molar-refractivity contribution in [1.29, 1.82) is 0 Å². The van der Waals surface area contributed by atoms with Crippen molar-refractivity contribution in [2.24, 2.45) is 0 Å². The zero-order valence-corrected chi connectivity index (χ0v) is 22.6. The highest BCUT2D eigenvalue weighted by Gasteiger charge is 2.31. The molecule has 0 bridgehead atoms. The molecular weight excluding hydrogens is 516 g/mol. The number of unbranched alkanes of at least 4 members (excludes halogenated alkanes) is 2. The summed E-state index contributed by atoms with van der Waals surface area (Å²) in [5.74, 6) is -0.546. The molecule has 1 aliphatic rings. The van der Waals surface area contributed by atoms with Crippen molar-refractivity contribution >= 4 is 57.8 Å². The minimum Gasteiger partial charge on any atom is -0.465 e. The number of benzene rings is 3. The second-order valence-corrected chi connectivity index (χ2v) is 10.4. The van der Waals surface area contributed by atoms with Crippen molar-refractivity contribution in [1.82, 2.24) is 4.90 Å². The molecule has 0 aliphatic carbocycles. The molecule has 0 aromatic heterocycles. The summed E-state index contributed by atoms with van der Waals surface area (Å²) in [6, 6.07) is 24.8. The van der Waals surface area contributed by atoms with Crippen LogP contribution in [0.25, 0.3) is 17.2 Å². The smallest absolute Gasteiger partial charge is 0.337 e. The molecule has 194 valence electrons. The topological polar surface area (TPSA) is 75.7 Å². The first-order valence-electron chi connectivity index (χ1n) is 12.3. The minimum absolute atomic E-state index is 0.0239. The summed E-state index contributed by atoms with van der Waals surface area (Å²) in [6.45, 7) is 0.520. The first kappa shape index (κ1) is 27.3. The molecule has 1 saturated heterocycles. The molecule has 0 saturated carbocycles. The number of ether oxygens (including phenoxy) is 1. The monoisotopic (exact) mass is 544 g/mol. The van der Waals surface area contributed by atoms with Gasteiger partial charge in [-0.25, -0.2) is 4.79 Å².